The second-order valence-corrected chi connectivity index (χ2v) is 4.26. The van der Waals surface area contributed by atoms with Crippen LogP contribution in [0.25, 0.3) is 0 Å². The van der Waals surface area contributed by atoms with Crippen molar-refractivity contribution in [2.45, 2.75) is 0 Å². The van der Waals surface area contributed by atoms with E-state index in [0.29, 0.717) is 6.20 Å². The van der Waals surface area contributed by atoms with Gasteiger partial charge in [0.2, 0.25) is 6.08 Å². The molecule has 0 N–H and O–H groups in total. The fourth-order valence-corrected chi connectivity index (χ4v) is 0.487. The van der Waals surface area contributed by atoms with Gasteiger partial charge in [0.05, 0.1) is 6.20 Å². The summed E-state index contributed by atoms with van der Waals surface area (Å²) in [5.41, 5.74) is 0. The fraction of sp³-hybridized carbons (Fsp3) is 0. The van der Waals surface area contributed by atoms with Gasteiger partial charge in [0.15, 0.2) is 4.36 Å². The first kappa shape index (κ1) is 9.65. The molecule has 0 heterocycles. The van der Waals surface area contributed by atoms with Crippen LogP contribution in [-0.4, -0.2) is 14.5 Å². The molecule has 0 unspecified atom stereocenters. The van der Waals surface area contributed by atoms with E-state index in [9.17, 15) is 13.2 Å². The summed E-state index contributed by atoms with van der Waals surface area (Å²) in [6.45, 7) is 0. The van der Waals surface area contributed by atoms with Crippen molar-refractivity contribution in [3.05, 3.63) is 10.6 Å². The molecule has 0 atom stereocenters. The Hall–Kier alpha value is -0.350. The topological polar surface area (TPSA) is 63.6 Å². The predicted molar refractivity (Wildman–Crippen MR) is 36.8 cm³/mol. The number of aliphatic imine (C=N–C) groups is 1. The first-order valence-corrected chi connectivity index (χ1v) is 4.54. The summed E-state index contributed by atoms with van der Waals surface area (Å²) in [4.78, 5) is 12.2. The highest BCUT2D eigenvalue weighted by Crippen LogP contribution is 2.15. The maximum atomic E-state index is 10.2. The molecule has 0 aliphatic carbocycles. The van der Waals surface area contributed by atoms with Crippen LogP contribution in [-0.2, 0) is 13.8 Å². The average molecular weight is 202 g/mol. The Morgan fingerprint density at radius 3 is 2.40 bits per heavy atom. The molecule has 0 spiro atoms. The van der Waals surface area contributed by atoms with Gasteiger partial charge in [0, 0.05) is 10.7 Å². The lowest BCUT2D eigenvalue weighted by Gasteiger charge is -1.84. The first-order chi connectivity index (χ1) is 4.48. The van der Waals surface area contributed by atoms with E-state index in [-0.39, 0.29) is 0 Å². The van der Waals surface area contributed by atoms with Gasteiger partial charge in [-0.3, -0.25) is 0 Å². The van der Waals surface area contributed by atoms with Crippen LogP contribution in [0.1, 0.15) is 0 Å². The minimum Gasteiger partial charge on any atom is -0.211 e. The number of nitrogens with zero attached hydrogens (tertiary/aromatic N) is 1. The van der Waals surface area contributed by atoms with Crippen molar-refractivity contribution in [1.82, 2.24) is 0 Å². The van der Waals surface area contributed by atoms with Gasteiger partial charge in [-0.1, -0.05) is 11.6 Å². The molecule has 0 rings (SSSR count). The molecule has 0 aromatic carbocycles. The lowest BCUT2D eigenvalue weighted by Crippen LogP contribution is -1.85. The van der Waals surface area contributed by atoms with Crippen LogP contribution < -0.4 is 0 Å². The van der Waals surface area contributed by atoms with Crippen LogP contribution in [0.2, 0.25) is 0 Å². The molecular formula is C3HCl2NO3S. The van der Waals surface area contributed by atoms with Gasteiger partial charge in [-0.2, -0.15) is 4.99 Å². The van der Waals surface area contributed by atoms with Crippen molar-refractivity contribution in [2.75, 3.05) is 0 Å². The molecule has 0 aromatic heterocycles. The third-order valence-corrected chi connectivity index (χ3v) is 2.47. The zero-order valence-corrected chi connectivity index (χ0v) is 6.74. The number of hydrogen-bond acceptors (Lipinski definition) is 4. The highest BCUT2D eigenvalue weighted by molar-refractivity contribution is 8.17. The minimum atomic E-state index is -3.95. The van der Waals surface area contributed by atoms with Gasteiger partial charge in [0.1, 0.15) is 0 Å². The molecule has 0 amide bonds. The third kappa shape index (κ3) is 3.63. The quantitative estimate of drug-likeness (QED) is 0.380. The van der Waals surface area contributed by atoms with E-state index in [0.717, 1.165) is 6.08 Å². The Labute approximate surface area is 66.6 Å². The van der Waals surface area contributed by atoms with Crippen molar-refractivity contribution < 1.29 is 13.2 Å². The summed E-state index contributed by atoms with van der Waals surface area (Å²) in [6, 6.07) is 0. The summed E-state index contributed by atoms with van der Waals surface area (Å²) < 4.78 is 19.7. The summed E-state index contributed by atoms with van der Waals surface area (Å²) in [5, 5.41) is 0. The third-order valence-electron chi connectivity index (χ3n) is 0.452. The molecule has 0 aliphatic heterocycles. The van der Waals surface area contributed by atoms with Crippen molar-refractivity contribution in [1.29, 1.82) is 0 Å². The van der Waals surface area contributed by atoms with Crippen LogP contribution >= 0.6 is 22.3 Å². The van der Waals surface area contributed by atoms with Gasteiger partial charge in [0.25, 0.3) is 9.05 Å². The van der Waals surface area contributed by atoms with Crippen LogP contribution in [0.3, 0.4) is 0 Å². The molecule has 0 aliphatic rings. The summed E-state index contributed by atoms with van der Waals surface area (Å²) in [5.74, 6) is 0. The molecule has 0 aromatic rings. The largest absolute Gasteiger partial charge is 0.273 e. The van der Waals surface area contributed by atoms with E-state index >= 15 is 0 Å². The van der Waals surface area contributed by atoms with E-state index in [1.807, 2.05) is 0 Å². The SMILES string of the molecule is O=C=NC=C(Cl)S(=O)(=O)Cl. The lowest BCUT2D eigenvalue weighted by atomic mass is 11.0. The minimum absolute atomic E-state index is 0.594. The smallest absolute Gasteiger partial charge is 0.211 e. The molecule has 0 bridgehead atoms. The Balaban J connectivity index is 4.69. The second kappa shape index (κ2) is 3.73. The summed E-state index contributed by atoms with van der Waals surface area (Å²) >= 11 is 5.00. The highest BCUT2D eigenvalue weighted by Gasteiger charge is 2.09. The zero-order valence-electron chi connectivity index (χ0n) is 4.41. The maximum absolute atomic E-state index is 10.2. The molecule has 10 heavy (non-hydrogen) atoms. The van der Waals surface area contributed by atoms with Gasteiger partial charge in [-0.05, 0) is 0 Å². The van der Waals surface area contributed by atoms with E-state index in [1.165, 1.54) is 0 Å². The van der Waals surface area contributed by atoms with Crippen molar-refractivity contribution >= 4 is 37.4 Å². The normalized spacial score (nSPS) is 12.4. The molecule has 0 fully saturated rings. The monoisotopic (exact) mass is 201 g/mol. The van der Waals surface area contributed by atoms with Crippen LogP contribution in [0.4, 0.5) is 0 Å². The summed E-state index contributed by atoms with van der Waals surface area (Å²) in [6.07, 6.45) is 1.66. The fourth-order valence-electron chi connectivity index (χ4n) is 0.140. The Morgan fingerprint density at radius 2 is 2.10 bits per heavy atom. The molecule has 0 saturated carbocycles. The molecule has 4 nitrogen and oxygen atoms in total. The van der Waals surface area contributed by atoms with Crippen molar-refractivity contribution in [2.24, 2.45) is 4.99 Å². The predicted octanol–water partition coefficient (Wildman–Crippen LogP) is 0.929. The highest BCUT2D eigenvalue weighted by atomic mass is 35.7. The van der Waals surface area contributed by atoms with E-state index < -0.39 is 13.4 Å². The Kier molecular flexibility index (Phi) is 3.60. The molecule has 56 valence electrons. The number of rotatable bonds is 2. The van der Waals surface area contributed by atoms with E-state index in [4.69, 9.17) is 22.3 Å². The number of halogens is 2. The Bertz CT molecular complexity index is 287. The van der Waals surface area contributed by atoms with Gasteiger partial charge < -0.3 is 0 Å². The lowest BCUT2D eigenvalue weighted by molar-refractivity contribution is 0.565. The number of carbonyl (C=O) groups excluding carboxylic acids is 1. The Morgan fingerprint density at radius 1 is 1.60 bits per heavy atom. The van der Waals surface area contributed by atoms with Gasteiger partial charge >= 0.3 is 0 Å². The standard InChI is InChI=1S/C3HCl2NO3S/c4-3(1-6-2-7)10(5,8)9/h1H. The number of hydrogen-bond donors (Lipinski definition) is 0. The zero-order chi connectivity index (χ0) is 8.20. The van der Waals surface area contributed by atoms with Crippen molar-refractivity contribution in [3.8, 4) is 0 Å². The molecule has 0 saturated heterocycles. The van der Waals surface area contributed by atoms with Crippen molar-refractivity contribution in [3.63, 3.8) is 0 Å². The average Bonchev–Trinajstić information content (AvgIpc) is 1.80. The second-order valence-electron chi connectivity index (χ2n) is 1.09. The first-order valence-electron chi connectivity index (χ1n) is 1.86. The molecule has 7 heteroatoms. The van der Waals surface area contributed by atoms with E-state index in [2.05, 4.69) is 4.99 Å². The molecule has 0 radical (unpaired) electrons. The van der Waals surface area contributed by atoms with Gasteiger partial charge in [-0.25, -0.2) is 13.2 Å². The van der Waals surface area contributed by atoms with Gasteiger partial charge in [-0.15, -0.1) is 0 Å². The van der Waals surface area contributed by atoms with Crippen LogP contribution in [0.15, 0.2) is 15.6 Å². The number of isocyanates is 1. The maximum Gasteiger partial charge on any atom is 0.273 e. The van der Waals surface area contributed by atoms with E-state index in [1.54, 1.807) is 0 Å². The van der Waals surface area contributed by atoms with Crippen LogP contribution in [0.5, 0.6) is 0 Å². The molecular weight excluding hydrogens is 201 g/mol. The van der Waals surface area contributed by atoms with Crippen LogP contribution in [0, 0.1) is 0 Å². The summed E-state index contributed by atoms with van der Waals surface area (Å²) in [7, 11) is 0.753.